The standard InChI is InChI=1S/C29H36O3S/c1-6-28(2,3)27(30)31-23-11-13-24(14-12-23)32-29(4,5)25-17-21-15-19-9-7-8-10-20(19)16-22(21)18-26(25)33/h7-10,15-18,23-24,33H,6,11-14H2,1-5H3. The summed E-state index contributed by atoms with van der Waals surface area (Å²) in [5, 5.41) is 4.87. The Balaban J connectivity index is 1.46. The Hall–Kier alpha value is -2.04. The molecule has 3 nitrogen and oxygen atoms in total. The van der Waals surface area contributed by atoms with E-state index in [-0.39, 0.29) is 18.2 Å². The van der Waals surface area contributed by atoms with Crippen LogP contribution < -0.4 is 0 Å². The highest BCUT2D eigenvalue weighted by molar-refractivity contribution is 7.80. The van der Waals surface area contributed by atoms with Crippen molar-refractivity contribution in [1.29, 1.82) is 0 Å². The van der Waals surface area contributed by atoms with Crippen LogP contribution in [-0.4, -0.2) is 18.2 Å². The van der Waals surface area contributed by atoms with Gasteiger partial charge in [-0.15, -0.1) is 12.6 Å². The number of esters is 1. The van der Waals surface area contributed by atoms with Gasteiger partial charge in [-0.2, -0.15) is 0 Å². The Morgan fingerprint density at radius 1 is 0.879 bits per heavy atom. The first-order valence-corrected chi connectivity index (χ1v) is 12.6. The van der Waals surface area contributed by atoms with Crippen LogP contribution in [0.15, 0.2) is 53.4 Å². The minimum atomic E-state index is -0.463. The summed E-state index contributed by atoms with van der Waals surface area (Å²) in [6, 6.07) is 17.3. The third kappa shape index (κ3) is 5.22. The van der Waals surface area contributed by atoms with Gasteiger partial charge >= 0.3 is 5.97 Å². The molecular formula is C29H36O3S. The molecule has 1 saturated carbocycles. The minimum absolute atomic E-state index is 0.000627. The van der Waals surface area contributed by atoms with Gasteiger partial charge in [-0.1, -0.05) is 31.2 Å². The molecule has 0 atom stereocenters. The minimum Gasteiger partial charge on any atom is -0.462 e. The molecule has 0 heterocycles. The molecule has 176 valence electrons. The van der Waals surface area contributed by atoms with Crippen molar-refractivity contribution in [3.05, 3.63) is 54.1 Å². The number of carbonyl (C=O) groups excluding carboxylic acids is 1. The molecule has 0 bridgehead atoms. The average Bonchev–Trinajstić information content (AvgIpc) is 2.78. The van der Waals surface area contributed by atoms with E-state index in [1.807, 2.05) is 20.8 Å². The zero-order chi connectivity index (χ0) is 23.8. The Morgan fingerprint density at radius 2 is 1.42 bits per heavy atom. The van der Waals surface area contributed by atoms with E-state index < -0.39 is 11.0 Å². The molecule has 4 heteroatoms. The first kappa shape index (κ1) is 24.1. The summed E-state index contributed by atoms with van der Waals surface area (Å²) < 4.78 is 12.4. The van der Waals surface area contributed by atoms with Crippen LogP contribution in [0.1, 0.15) is 72.3 Å². The molecule has 0 N–H and O–H groups in total. The summed E-state index contributed by atoms with van der Waals surface area (Å²) in [7, 11) is 0. The molecule has 1 aliphatic carbocycles. The summed E-state index contributed by atoms with van der Waals surface area (Å²) in [4.78, 5) is 13.4. The molecule has 0 radical (unpaired) electrons. The summed E-state index contributed by atoms with van der Waals surface area (Å²) in [5.74, 6) is -0.0851. The molecular weight excluding hydrogens is 428 g/mol. The van der Waals surface area contributed by atoms with Crippen LogP contribution in [0.4, 0.5) is 0 Å². The normalized spacial score (nSPS) is 19.7. The zero-order valence-corrected chi connectivity index (χ0v) is 21.4. The van der Waals surface area contributed by atoms with Gasteiger partial charge in [0.2, 0.25) is 0 Å². The first-order chi connectivity index (χ1) is 15.6. The van der Waals surface area contributed by atoms with Gasteiger partial charge in [-0.3, -0.25) is 4.79 Å². The molecule has 0 spiro atoms. The number of hydrogen-bond acceptors (Lipinski definition) is 4. The van der Waals surface area contributed by atoms with Gasteiger partial charge < -0.3 is 9.47 Å². The number of rotatable bonds is 6. The predicted octanol–water partition coefficient (Wildman–Crippen LogP) is 7.82. The quantitative estimate of drug-likeness (QED) is 0.229. The third-order valence-corrected chi connectivity index (χ3v) is 7.63. The van der Waals surface area contributed by atoms with Gasteiger partial charge in [0.1, 0.15) is 6.10 Å². The van der Waals surface area contributed by atoms with Crippen LogP contribution in [-0.2, 0) is 19.9 Å². The Kier molecular flexibility index (Phi) is 6.80. The van der Waals surface area contributed by atoms with Crippen LogP contribution >= 0.6 is 12.6 Å². The van der Waals surface area contributed by atoms with Gasteiger partial charge in [-0.25, -0.2) is 0 Å². The van der Waals surface area contributed by atoms with Gasteiger partial charge in [0.15, 0.2) is 0 Å². The van der Waals surface area contributed by atoms with E-state index in [4.69, 9.17) is 22.1 Å². The fourth-order valence-corrected chi connectivity index (χ4v) is 5.14. The van der Waals surface area contributed by atoms with Crippen LogP contribution in [0.5, 0.6) is 0 Å². The number of benzene rings is 3. The number of fused-ring (bicyclic) bond motifs is 2. The Morgan fingerprint density at radius 3 is 2.00 bits per heavy atom. The molecule has 0 amide bonds. The fraction of sp³-hybridized carbons (Fsp3) is 0.483. The van der Waals surface area contributed by atoms with Crippen molar-refractivity contribution in [3.63, 3.8) is 0 Å². The molecule has 0 aromatic heterocycles. The highest BCUT2D eigenvalue weighted by Crippen LogP contribution is 2.38. The van der Waals surface area contributed by atoms with Crippen LogP contribution in [0, 0.1) is 5.41 Å². The lowest BCUT2D eigenvalue weighted by Crippen LogP contribution is -2.36. The molecule has 0 aliphatic heterocycles. The Bertz CT molecular complexity index is 1160. The van der Waals surface area contributed by atoms with Crippen molar-refractivity contribution < 1.29 is 14.3 Å². The van der Waals surface area contributed by atoms with Crippen molar-refractivity contribution >= 4 is 40.1 Å². The summed E-state index contributed by atoms with van der Waals surface area (Å²) >= 11 is 4.83. The topological polar surface area (TPSA) is 35.5 Å². The maximum absolute atomic E-state index is 12.4. The van der Waals surface area contributed by atoms with Gasteiger partial charge in [0, 0.05) is 4.90 Å². The van der Waals surface area contributed by atoms with E-state index in [0.717, 1.165) is 42.6 Å². The first-order valence-electron chi connectivity index (χ1n) is 12.1. The smallest absolute Gasteiger partial charge is 0.311 e. The van der Waals surface area contributed by atoms with E-state index in [0.29, 0.717) is 0 Å². The predicted molar refractivity (Wildman–Crippen MR) is 139 cm³/mol. The van der Waals surface area contributed by atoms with Crippen molar-refractivity contribution in [2.75, 3.05) is 0 Å². The number of ether oxygens (including phenoxy) is 2. The van der Waals surface area contributed by atoms with E-state index in [1.54, 1.807) is 0 Å². The molecule has 1 aliphatic rings. The lowest BCUT2D eigenvalue weighted by Gasteiger charge is -2.36. The highest BCUT2D eigenvalue weighted by atomic mass is 32.1. The molecule has 4 rings (SSSR count). The van der Waals surface area contributed by atoms with Crippen LogP contribution in [0.25, 0.3) is 21.5 Å². The number of carbonyl (C=O) groups is 1. The highest BCUT2D eigenvalue weighted by Gasteiger charge is 2.34. The third-order valence-electron chi connectivity index (χ3n) is 7.26. The Labute approximate surface area is 203 Å². The van der Waals surface area contributed by atoms with Crippen molar-refractivity contribution in [2.45, 2.75) is 89.4 Å². The van der Waals surface area contributed by atoms with E-state index >= 15 is 0 Å². The van der Waals surface area contributed by atoms with Gasteiger partial charge in [0.05, 0.1) is 17.1 Å². The molecule has 3 aromatic carbocycles. The summed E-state index contributed by atoms with van der Waals surface area (Å²) in [5.41, 5.74) is 0.224. The maximum Gasteiger partial charge on any atom is 0.311 e. The lowest BCUT2D eigenvalue weighted by molar-refractivity contribution is -0.165. The maximum atomic E-state index is 12.4. The average molecular weight is 465 g/mol. The van der Waals surface area contributed by atoms with Crippen LogP contribution in [0.3, 0.4) is 0 Å². The van der Waals surface area contributed by atoms with E-state index in [9.17, 15) is 4.79 Å². The SMILES string of the molecule is CCC(C)(C)C(=O)OC1CCC(OC(C)(C)c2cc3cc4ccccc4cc3cc2S)CC1. The summed E-state index contributed by atoms with van der Waals surface area (Å²) in [6.07, 6.45) is 4.43. The van der Waals surface area contributed by atoms with Crippen molar-refractivity contribution in [3.8, 4) is 0 Å². The van der Waals surface area contributed by atoms with Gasteiger partial charge in [-0.05, 0) is 111 Å². The molecule has 33 heavy (non-hydrogen) atoms. The second-order valence-corrected chi connectivity index (χ2v) is 11.1. The van der Waals surface area contributed by atoms with Gasteiger partial charge in [0.25, 0.3) is 0 Å². The number of hydrogen-bond donors (Lipinski definition) is 1. The number of thiol groups is 1. The molecule has 0 unspecified atom stereocenters. The molecule has 1 fully saturated rings. The molecule has 0 saturated heterocycles. The van der Waals surface area contributed by atoms with Crippen molar-refractivity contribution in [1.82, 2.24) is 0 Å². The fourth-order valence-electron chi connectivity index (χ4n) is 4.67. The second kappa shape index (κ2) is 9.31. The van der Waals surface area contributed by atoms with E-state index in [2.05, 4.69) is 62.4 Å². The monoisotopic (exact) mass is 464 g/mol. The van der Waals surface area contributed by atoms with E-state index in [1.165, 1.54) is 21.5 Å². The zero-order valence-electron chi connectivity index (χ0n) is 20.5. The van der Waals surface area contributed by atoms with Crippen molar-refractivity contribution in [2.24, 2.45) is 5.41 Å². The summed E-state index contributed by atoms with van der Waals surface area (Å²) in [6.45, 7) is 10.2. The lowest BCUT2D eigenvalue weighted by atomic mass is 9.89. The second-order valence-electron chi connectivity index (χ2n) is 10.6. The largest absolute Gasteiger partial charge is 0.462 e. The molecule has 3 aromatic rings. The van der Waals surface area contributed by atoms with Crippen LogP contribution in [0.2, 0.25) is 0 Å².